The molecule has 0 aliphatic rings. The second-order valence-corrected chi connectivity index (χ2v) is 4.74. The van der Waals surface area contributed by atoms with Crippen LogP contribution in [0.5, 0.6) is 0 Å². The van der Waals surface area contributed by atoms with Crippen molar-refractivity contribution < 1.29 is 14.0 Å². The molecular weight excluding hydrogens is 235 g/mol. The van der Waals surface area contributed by atoms with E-state index in [0.717, 1.165) is 12.0 Å². The molecule has 0 aliphatic carbocycles. The number of hydrogen-bond donors (Lipinski definition) is 1. The zero-order valence-electron chi connectivity index (χ0n) is 10.6. The minimum atomic E-state index is -2.58. The predicted molar refractivity (Wildman–Crippen MR) is 69.0 cm³/mol. The molecule has 0 bridgehead atoms. The molecule has 3 nitrogen and oxygen atoms in total. The lowest BCUT2D eigenvalue weighted by molar-refractivity contribution is 0.0536. The van der Waals surface area contributed by atoms with Gasteiger partial charge in [-0.25, -0.2) is 0 Å². The molecule has 0 fully saturated rings. The number of benzene rings is 1. The Kier molecular flexibility index (Phi) is 5.26. The van der Waals surface area contributed by atoms with Crippen molar-refractivity contribution in [3.63, 3.8) is 0 Å². The topological polar surface area (TPSA) is 46.5 Å². The molecule has 0 saturated carbocycles. The third kappa shape index (κ3) is 3.35. The Morgan fingerprint density at radius 3 is 2.06 bits per heavy atom. The molecular formula is C13H20O3P+. The summed E-state index contributed by atoms with van der Waals surface area (Å²) in [4.78, 5) is 9.00. The third-order valence-corrected chi connectivity index (χ3v) is 3.79. The second-order valence-electron chi connectivity index (χ2n) is 4.08. The van der Waals surface area contributed by atoms with Gasteiger partial charge in [0, 0.05) is 4.57 Å². The van der Waals surface area contributed by atoms with Crippen molar-refractivity contribution in [1.29, 1.82) is 0 Å². The van der Waals surface area contributed by atoms with E-state index in [2.05, 4.69) is 6.92 Å². The molecule has 1 aromatic carbocycles. The Morgan fingerprint density at radius 1 is 1.18 bits per heavy atom. The van der Waals surface area contributed by atoms with Crippen LogP contribution in [0.3, 0.4) is 0 Å². The van der Waals surface area contributed by atoms with Crippen LogP contribution < -0.4 is 0 Å². The lowest BCUT2D eigenvalue weighted by Gasteiger charge is -2.25. The first-order chi connectivity index (χ1) is 8.07. The van der Waals surface area contributed by atoms with Crippen molar-refractivity contribution in [2.24, 2.45) is 0 Å². The molecule has 0 radical (unpaired) electrons. The van der Waals surface area contributed by atoms with Crippen molar-refractivity contribution in [2.75, 3.05) is 0 Å². The lowest BCUT2D eigenvalue weighted by atomic mass is 9.88. The largest absolute Gasteiger partial charge is 0.695 e. The van der Waals surface area contributed by atoms with Gasteiger partial charge in [-0.3, -0.25) is 0 Å². The zero-order chi connectivity index (χ0) is 12.9. The standard InChI is InChI=1S/C13H19O3P/c1-4-11-7-9-12(10-8-11)13(5-2,6-3)16-17(14)15/h7-10H,4-6H2,1-3H3/p+1. The van der Waals surface area contributed by atoms with Crippen LogP contribution in [0, 0.1) is 0 Å². The summed E-state index contributed by atoms with van der Waals surface area (Å²) in [5.41, 5.74) is 1.58. The third-order valence-electron chi connectivity index (χ3n) is 3.28. The summed E-state index contributed by atoms with van der Waals surface area (Å²) in [5, 5.41) is 0. The first-order valence-corrected chi connectivity index (χ1v) is 7.15. The molecule has 0 saturated heterocycles. The maximum absolute atomic E-state index is 11.0. The fourth-order valence-corrected chi connectivity index (χ4v) is 2.70. The summed E-state index contributed by atoms with van der Waals surface area (Å²) in [6.45, 7) is 6.04. The molecule has 94 valence electrons. The van der Waals surface area contributed by atoms with E-state index in [1.165, 1.54) is 5.56 Å². The molecule has 0 aromatic heterocycles. The van der Waals surface area contributed by atoms with Gasteiger partial charge >= 0.3 is 8.25 Å². The van der Waals surface area contributed by atoms with Gasteiger partial charge in [0.2, 0.25) is 0 Å². The molecule has 1 N–H and O–H groups in total. The Bertz CT molecular complexity index is 369. The van der Waals surface area contributed by atoms with Gasteiger partial charge in [0.25, 0.3) is 0 Å². The highest BCUT2D eigenvalue weighted by molar-refractivity contribution is 7.32. The van der Waals surface area contributed by atoms with Gasteiger partial charge < -0.3 is 0 Å². The van der Waals surface area contributed by atoms with E-state index in [1.807, 2.05) is 38.1 Å². The molecule has 1 atom stereocenters. The Balaban J connectivity index is 3.07. The first-order valence-electron chi connectivity index (χ1n) is 6.02. The van der Waals surface area contributed by atoms with Crippen LogP contribution in [0.1, 0.15) is 44.7 Å². The van der Waals surface area contributed by atoms with Crippen molar-refractivity contribution in [1.82, 2.24) is 0 Å². The van der Waals surface area contributed by atoms with E-state index < -0.39 is 13.9 Å². The second kappa shape index (κ2) is 6.25. The van der Waals surface area contributed by atoms with Gasteiger partial charge in [-0.05, 0) is 30.4 Å². The minimum Gasteiger partial charge on any atom is -0.133 e. The van der Waals surface area contributed by atoms with E-state index >= 15 is 0 Å². The highest BCUT2D eigenvalue weighted by atomic mass is 31.1. The molecule has 0 heterocycles. The van der Waals surface area contributed by atoms with Gasteiger partial charge in [0.15, 0.2) is 5.60 Å². The van der Waals surface area contributed by atoms with E-state index in [-0.39, 0.29) is 0 Å². The Labute approximate surface area is 104 Å². The number of aryl methyl sites for hydroxylation is 1. The minimum absolute atomic E-state index is 0.644. The van der Waals surface area contributed by atoms with E-state index in [9.17, 15) is 4.57 Å². The van der Waals surface area contributed by atoms with Gasteiger partial charge in [0.05, 0.1) is 0 Å². The fraction of sp³-hybridized carbons (Fsp3) is 0.538. The predicted octanol–water partition coefficient (Wildman–Crippen LogP) is 3.93. The van der Waals surface area contributed by atoms with Crippen LogP contribution in [0.25, 0.3) is 0 Å². The van der Waals surface area contributed by atoms with E-state index in [1.54, 1.807) is 0 Å². The van der Waals surface area contributed by atoms with E-state index in [0.29, 0.717) is 12.8 Å². The highest BCUT2D eigenvalue weighted by Gasteiger charge is 2.38. The summed E-state index contributed by atoms with van der Waals surface area (Å²) in [6.07, 6.45) is 2.34. The summed E-state index contributed by atoms with van der Waals surface area (Å²) in [7, 11) is -2.58. The number of hydrogen-bond acceptors (Lipinski definition) is 2. The average molecular weight is 255 g/mol. The molecule has 1 unspecified atom stereocenters. The van der Waals surface area contributed by atoms with Gasteiger partial charge in [-0.1, -0.05) is 45.0 Å². The van der Waals surface area contributed by atoms with E-state index in [4.69, 9.17) is 9.42 Å². The summed E-state index contributed by atoms with van der Waals surface area (Å²) >= 11 is 0. The normalized spacial score (nSPS) is 12.6. The maximum atomic E-state index is 11.0. The van der Waals surface area contributed by atoms with Crippen molar-refractivity contribution in [3.05, 3.63) is 35.4 Å². The van der Waals surface area contributed by atoms with Crippen LogP contribution in [0.15, 0.2) is 24.3 Å². The summed E-state index contributed by atoms with van der Waals surface area (Å²) < 4.78 is 16.2. The molecule has 0 spiro atoms. The quantitative estimate of drug-likeness (QED) is 0.783. The fourth-order valence-electron chi connectivity index (χ4n) is 2.03. The molecule has 1 aromatic rings. The van der Waals surface area contributed by atoms with Crippen LogP contribution in [0.2, 0.25) is 0 Å². The molecule has 1 rings (SSSR count). The summed E-state index contributed by atoms with van der Waals surface area (Å²) in [5.74, 6) is 0. The Morgan fingerprint density at radius 2 is 1.71 bits per heavy atom. The molecule has 17 heavy (non-hydrogen) atoms. The van der Waals surface area contributed by atoms with Gasteiger partial charge in [-0.15, -0.1) is 9.42 Å². The first kappa shape index (κ1) is 14.3. The highest BCUT2D eigenvalue weighted by Crippen LogP contribution is 2.40. The van der Waals surface area contributed by atoms with Crippen LogP contribution >= 0.6 is 8.25 Å². The van der Waals surface area contributed by atoms with Crippen molar-refractivity contribution in [2.45, 2.75) is 45.6 Å². The lowest BCUT2D eigenvalue weighted by Crippen LogP contribution is -2.25. The molecule has 0 amide bonds. The van der Waals surface area contributed by atoms with Crippen LogP contribution in [-0.2, 0) is 21.1 Å². The molecule has 4 heteroatoms. The SMILES string of the molecule is CCc1ccc(C(CC)(CC)O[P+](=O)O)cc1. The van der Waals surface area contributed by atoms with Crippen LogP contribution in [-0.4, -0.2) is 4.89 Å². The average Bonchev–Trinajstić information content (AvgIpc) is 2.36. The Hall–Kier alpha value is -0.760. The smallest absolute Gasteiger partial charge is 0.133 e. The zero-order valence-corrected chi connectivity index (χ0v) is 11.5. The van der Waals surface area contributed by atoms with Crippen LogP contribution in [0.4, 0.5) is 0 Å². The maximum Gasteiger partial charge on any atom is 0.695 e. The summed E-state index contributed by atoms with van der Waals surface area (Å²) in [6, 6.07) is 8.07. The van der Waals surface area contributed by atoms with Crippen molar-refractivity contribution >= 4 is 8.25 Å². The monoisotopic (exact) mass is 255 g/mol. The van der Waals surface area contributed by atoms with Crippen molar-refractivity contribution in [3.8, 4) is 0 Å². The van der Waals surface area contributed by atoms with Gasteiger partial charge in [0.1, 0.15) is 0 Å². The molecule has 0 aliphatic heterocycles. The number of rotatable bonds is 6. The van der Waals surface area contributed by atoms with Gasteiger partial charge in [-0.2, -0.15) is 0 Å².